The molecule has 0 aliphatic carbocycles. The lowest BCUT2D eigenvalue weighted by molar-refractivity contribution is 0.678. The van der Waals surface area contributed by atoms with Crippen LogP contribution in [0.5, 0.6) is 0 Å². The molecular formula is C12H22N2S. The van der Waals surface area contributed by atoms with Crippen molar-refractivity contribution in [2.45, 2.75) is 53.0 Å². The molecule has 0 saturated carbocycles. The van der Waals surface area contributed by atoms with Crippen LogP contribution in [0, 0.1) is 6.92 Å². The maximum atomic E-state index is 4.61. The van der Waals surface area contributed by atoms with Crippen molar-refractivity contribution in [3.05, 3.63) is 15.6 Å². The quantitative estimate of drug-likeness (QED) is 0.722. The van der Waals surface area contributed by atoms with E-state index in [0.29, 0.717) is 0 Å². The standard InChI is InChI=1S/C12H22N2S/c1-4-6-7-12-14-10(3)11(15-12)9-13-8-5-2/h13H,4-9H2,1-3H3. The Morgan fingerprint density at radius 2 is 2.07 bits per heavy atom. The van der Waals surface area contributed by atoms with Crippen molar-refractivity contribution >= 4 is 11.3 Å². The molecule has 3 heteroatoms. The van der Waals surface area contributed by atoms with Crippen LogP contribution < -0.4 is 5.32 Å². The summed E-state index contributed by atoms with van der Waals surface area (Å²) in [6, 6.07) is 0. The zero-order chi connectivity index (χ0) is 11.1. The van der Waals surface area contributed by atoms with E-state index < -0.39 is 0 Å². The molecule has 0 spiro atoms. The van der Waals surface area contributed by atoms with E-state index in [1.165, 1.54) is 34.8 Å². The molecule has 0 saturated heterocycles. The Morgan fingerprint density at radius 1 is 1.27 bits per heavy atom. The average Bonchev–Trinajstić information content (AvgIpc) is 2.57. The van der Waals surface area contributed by atoms with Gasteiger partial charge < -0.3 is 5.32 Å². The van der Waals surface area contributed by atoms with Crippen LogP contribution in [0.15, 0.2) is 0 Å². The number of hydrogen-bond acceptors (Lipinski definition) is 3. The number of nitrogens with one attached hydrogen (secondary N) is 1. The molecule has 1 aromatic rings. The highest BCUT2D eigenvalue weighted by Gasteiger charge is 2.06. The topological polar surface area (TPSA) is 24.9 Å². The first-order valence-corrected chi connectivity index (χ1v) is 6.75. The third-order valence-electron chi connectivity index (χ3n) is 2.39. The van der Waals surface area contributed by atoms with Gasteiger partial charge in [-0.1, -0.05) is 20.3 Å². The van der Waals surface area contributed by atoms with Gasteiger partial charge in [-0.3, -0.25) is 0 Å². The number of aromatic nitrogens is 1. The lowest BCUT2D eigenvalue weighted by Crippen LogP contribution is -2.13. The van der Waals surface area contributed by atoms with Crippen LogP contribution in [0.3, 0.4) is 0 Å². The predicted octanol–water partition coefficient (Wildman–Crippen LogP) is 3.29. The highest BCUT2D eigenvalue weighted by molar-refractivity contribution is 7.11. The van der Waals surface area contributed by atoms with E-state index in [9.17, 15) is 0 Å². The van der Waals surface area contributed by atoms with Crippen molar-refractivity contribution in [2.75, 3.05) is 6.54 Å². The Balaban J connectivity index is 2.45. The van der Waals surface area contributed by atoms with E-state index in [2.05, 4.69) is 31.1 Å². The van der Waals surface area contributed by atoms with Gasteiger partial charge in [-0.15, -0.1) is 11.3 Å². The van der Waals surface area contributed by atoms with Crippen LogP contribution in [-0.4, -0.2) is 11.5 Å². The van der Waals surface area contributed by atoms with Crippen LogP contribution in [-0.2, 0) is 13.0 Å². The molecule has 0 aliphatic heterocycles. The predicted molar refractivity (Wildman–Crippen MR) is 67.5 cm³/mol. The van der Waals surface area contributed by atoms with E-state index in [1.807, 2.05) is 11.3 Å². The van der Waals surface area contributed by atoms with Gasteiger partial charge in [0.25, 0.3) is 0 Å². The Bertz CT molecular complexity index is 281. The number of hydrogen-bond donors (Lipinski definition) is 1. The fraction of sp³-hybridized carbons (Fsp3) is 0.750. The minimum absolute atomic E-state index is 0.990. The van der Waals surface area contributed by atoms with Gasteiger partial charge >= 0.3 is 0 Å². The summed E-state index contributed by atoms with van der Waals surface area (Å²) < 4.78 is 0. The molecule has 0 bridgehead atoms. The Hall–Kier alpha value is -0.410. The first kappa shape index (κ1) is 12.7. The SMILES string of the molecule is CCCCc1nc(C)c(CNCCC)s1. The van der Waals surface area contributed by atoms with Gasteiger partial charge in [-0.2, -0.15) is 0 Å². The van der Waals surface area contributed by atoms with Crippen LogP contribution >= 0.6 is 11.3 Å². The van der Waals surface area contributed by atoms with Crippen molar-refractivity contribution in [3.63, 3.8) is 0 Å². The minimum Gasteiger partial charge on any atom is -0.312 e. The summed E-state index contributed by atoms with van der Waals surface area (Å²) in [4.78, 5) is 6.02. The molecule has 15 heavy (non-hydrogen) atoms. The third kappa shape index (κ3) is 4.31. The lowest BCUT2D eigenvalue weighted by Gasteiger charge is -1.99. The van der Waals surface area contributed by atoms with Crippen molar-refractivity contribution in [1.82, 2.24) is 10.3 Å². The van der Waals surface area contributed by atoms with Crippen molar-refractivity contribution in [2.24, 2.45) is 0 Å². The summed E-state index contributed by atoms with van der Waals surface area (Å²) in [6.07, 6.45) is 4.85. The third-order valence-corrected chi connectivity index (χ3v) is 3.61. The van der Waals surface area contributed by atoms with Crippen LogP contribution in [0.2, 0.25) is 0 Å². The van der Waals surface area contributed by atoms with Crippen LogP contribution in [0.1, 0.15) is 48.7 Å². The molecule has 0 unspecified atom stereocenters. The fourth-order valence-electron chi connectivity index (χ4n) is 1.47. The zero-order valence-electron chi connectivity index (χ0n) is 10.1. The highest BCUT2D eigenvalue weighted by atomic mass is 32.1. The average molecular weight is 226 g/mol. The summed E-state index contributed by atoms with van der Waals surface area (Å²) in [5.41, 5.74) is 1.22. The largest absolute Gasteiger partial charge is 0.312 e. The highest BCUT2D eigenvalue weighted by Crippen LogP contribution is 2.19. The summed E-state index contributed by atoms with van der Waals surface area (Å²) in [7, 11) is 0. The van der Waals surface area contributed by atoms with E-state index in [4.69, 9.17) is 0 Å². The maximum Gasteiger partial charge on any atom is 0.0931 e. The first-order chi connectivity index (χ1) is 7.27. The molecule has 1 rings (SSSR count). The van der Waals surface area contributed by atoms with Crippen LogP contribution in [0.4, 0.5) is 0 Å². The number of unbranched alkanes of at least 4 members (excludes halogenated alkanes) is 1. The second-order valence-corrected chi connectivity index (χ2v) is 5.06. The molecule has 1 aromatic heterocycles. The molecule has 2 nitrogen and oxygen atoms in total. The summed E-state index contributed by atoms with van der Waals surface area (Å²) in [5, 5.41) is 4.74. The molecule has 0 fully saturated rings. The number of aryl methyl sites for hydroxylation is 2. The monoisotopic (exact) mass is 226 g/mol. The number of rotatable bonds is 7. The zero-order valence-corrected chi connectivity index (χ0v) is 10.9. The Morgan fingerprint density at radius 3 is 2.73 bits per heavy atom. The molecular weight excluding hydrogens is 204 g/mol. The smallest absolute Gasteiger partial charge is 0.0931 e. The molecule has 0 aliphatic rings. The summed E-state index contributed by atoms with van der Waals surface area (Å²) in [5.74, 6) is 0. The van der Waals surface area contributed by atoms with Crippen LogP contribution in [0.25, 0.3) is 0 Å². The van der Waals surface area contributed by atoms with Gasteiger partial charge in [0.15, 0.2) is 0 Å². The molecule has 0 radical (unpaired) electrons. The van der Waals surface area contributed by atoms with Gasteiger partial charge in [-0.05, 0) is 32.7 Å². The second kappa shape index (κ2) is 6.96. The minimum atomic E-state index is 0.990. The van der Waals surface area contributed by atoms with Gasteiger partial charge in [0.1, 0.15) is 0 Å². The lowest BCUT2D eigenvalue weighted by atomic mass is 10.3. The molecule has 0 atom stereocenters. The van der Waals surface area contributed by atoms with Gasteiger partial charge in [0.05, 0.1) is 10.7 Å². The molecule has 1 heterocycles. The summed E-state index contributed by atoms with van der Waals surface area (Å²) >= 11 is 1.88. The molecule has 0 amide bonds. The number of nitrogens with zero attached hydrogens (tertiary/aromatic N) is 1. The molecule has 1 N–H and O–H groups in total. The van der Waals surface area contributed by atoms with E-state index in [0.717, 1.165) is 19.5 Å². The van der Waals surface area contributed by atoms with E-state index in [1.54, 1.807) is 0 Å². The van der Waals surface area contributed by atoms with E-state index in [-0.39, 0.29) is 0 Å². The molecule has 86 valence electrons. The Kier molecular flexibility index (Phi) is 5.88. The fourth-order valence-corrected chi connectivity index (χ4v) is 2.55. The van der Waals surface area contributed by atoms with Crippen molar-refractivity contribution in [3.8, 4) is 0 Å². The van der Waals surface area contributed by atoms with Gasteiger partial charge in [0.2, 0.25) is 0 Å². The first-order valence-electron chi connectivity index (χ1n) is 5.93. The Labute approximate surface area is 97.1 Å². The van der Waals surface area contributed by atoms with Gasteiger partial charge in [-0.25, -0.2) is 4.98 Å². The van der Waals surface area contributed by atoms with Gasteiger partial charge in [0, 0.05) is 11.4 Å². The normalized spacial score (nSPS) is 10.9. The maximum absolute atomic E-state index is 4.61. The van der Waals surface area contributed by atoms with Crippen molar-refractivity contribution in [1.29, 1.82) is 0 Å². The number of thiazole rings is 1. The van der Waals surface area contributed by atoms with Crippen molar-refractivity contribution < 1.29 is 0 Å². The summed E-state index contributed by atoms with van der Waals surface area (Å²) in [6.45, 7) is 8.63. The van der Waals surface area contributed by atoms with E-state index >= 15 is 0 Å². The molecule has 0 aromatic carbocycles. The second-order valence-electron chi connectivity index (χ2n) is 3.90.